The van der Waals surface area contributed by atoms with E-state index in [1.165, 1.54) is 5.56 Å². The fraction of sp³-hybridized carbons (Fsp3) is 0.286. The maximum Gasteiger partial charge on any atom is 0.121 e. The van der Waals surface area contributed by atoms with Gasteiger partial charge in [-0.3, -0.25) is 0 Å². The van der Waals surface area contributed by atoms with Crippen molar-refractivity contribution in [1.29, 1.82) is 0 Å². The molecule has 1 heterocycles. The summed E-state index contributed by atoms with van der Waals surface area (Å²) < 4.78 is 5.34. The molecule has 0 saturated heterocycles. The van der Waals surface area contributed by atoms with Gasteiger partial charge in [0.25, 0.3) is 0 Å². The van der Waals surface area contributed by atoms with E-state index in [0.717, 1.165) is 33.6 Å². The fourth-order valence-electron chi connectivity index (χ4n) is 2.89. The SMILES string of the molecule is CNC[C@H](O)CNc1cc(-c2ccc(C)cc2)nc2cc(OC)ccc12.Cl. The average Bonchev–Trinajstić information content (AvgIpc) is 2.66. The van der Waals surface area contributed by atoms with Crippen molar-refractivity contribution >= 4 is 29.0 Å². The van der Waals surface area contributed by atoms with E-state index in [1.807, 2.05) is 31.3 Å². The highest BCUT2D eigenvalue weighted by atomic mass is 35.5. The molecular formula is C21H26ClN3O2. The van der Waals surface area contributed by atoms with E-state index in [9.17, 15) is 5.11 Å². The molecule has 0 aliphatic rings. The second-order valence-electron chi connectivity index (χ2n) is 6.40. The number of rotatable bonds is 7. The summed E-state index contributed by atoms with van der Waals surface area (Å²) >= 11 is 0. The zero-order valence-corrected chi connectivity index (χ0v) is 16.6. The Bertz CT molecular complexity index is 884. The molecule has 3 aromatic rings. The monoisotopic (exact) mass is 387 g/mol. The van der Waals surface area contributed by atoms with Gasteiger partial charge in [-0.15, -0.1) is 12.4 Å². The van der Waals surface area contributed by atoms with Crippen molar-refractivity contribution < 1.29 is 9.84 Å². The van der Waals surface area contributed by atoms with Crippen LogP contribution in [-0.4, -0.2) is 43.4 Å². The molecule has 3 N–H and O–H groups in total. The molecule has 0 aliphatic carbocycles. The number of methoxy groups -OCH3 is 1. The number of ether oxygens (including phenoxy) is 1. The number of fused-ring (bicyclic) bond motifs is 1. The number of benzene rings is 2. The number of pyridine rings is 1. The van der Waals surface area contributed by atoms with Crippen LogP contribution < -0.4 is 15.4 Å². The van der Waals surface area contributed by atoms with Gasteiger partial charge >= 0.3 is 0 Å². The number of likely N-dealkylation sites (N-methyl/N-ethyl adjacent to an activating group) is 1. The summed E-state index contributed by atoms with van der Waals surface area (Å²) in [4.78, 5) is 4.81. The number of aliphatic hydroxyl groups excluding tert-OH is 1. The van der Waals surface area contributed by atoms with Crippen LogP contribution in [0, 0.1) is 6.92 Å². The second kappa shape index (κ2) is 9.55. The Morgan fingerprint density at radius 3 is 2.48 bits per heavy atom. The van der Waals surface area contributed by atoms with Crippen LogP contribution in [0.5, 0.6) is 5.75 Å². The first-order valence-corrected chi connectivity index (χ1v) is 8.73. The van der Waals surface area contributed by atoms with Crippen LogP contribution in [0.3, 0.4) is 0 Å². The summed E-state index contributed by atoms with van der Waals surface area (Å²) in [6, 6.07) is 16.2. The van der Waals surface area contributed by atoms with Crippen LogP contribution in [0.1, 0.15) is 5.56 Å². The first-order chi connectivity index (χ1) is 12.6. The van der Waals surface area contributed by atoms with Crippen molar-refractivity contribution in [3.05, 3.63) is 54.1 Å². The predicted octanol–water partition coefficient (Wildman–Crippen LogP) is 3.63. The Hall–Kier alpha value is -2.34. The topological polar surface area (TPSA) is 66.4 Å². The third kappa shape index (κ3) is 5.10. The summed E-state index contributed by atoms with van der Waals surface area (Å²) in [6.45, 7) is 3.06. The zero-order valence-electron chi connectivity index (χ0n) is 15.8. The first-order valence-electron chi connectivity index (χ1n) is 8.73. The quantitative estimate of drug-likeness (QED) is 0.577. The number of hydrogen-bond donors (Lipinski definition) is 3. The van der Waals surface area contributed by atoms with Crippen LogP contribution in [0.15, 0.2) is 48.5 Å². The lowest BCUT2D eigenvalue weighted by molar-refractivity contribution is 0.187. The van der Waals surface area contributed by atoms with Gasteiger partial charge in [0.15, 0.2) is 0 Å². The van der Waals surface area contributed by atoms with Crippen molar-refractivity contribution in [3.63, 3.8) is 0 Å². The van der Waals surface area contributed by atoms with Gasteiger partial charge in [0.1, 0.15) is 5.75 Å². The van der Waals surface area contributed by atoms with E-state index in [-0.39, 0.29) is 12.4 Å². The van der Waals surface area contributed by atoms with Gasteiger partial charge in [-0.2, -0.15) is 0 Å². The smallest absolute Gasteiger partial charge is 0.121 e. The molecule has 5 nitrogen and oxygen atoms in total. The minimum absolute atomic E-state index is 0. The number of nitrogens with one attached hydrogen (secondary N) is 2. The molecule has 3 rings (SSSR count). The van der Waals surface area contributed by atoms with Gasteiger partial charge in [-0.05, 0) is 32.2 Å². The molecule has 0 saturated carbocycles. The van der Waals surface area contributed by atoms with Gasteiger partial charge in [0.2, 0.25) is 0 Å². The van der Waals surface area contributed by atoms with Crippen LogP contribution in [0.25, 0.3) is 22.2 Å². The average molecular weight is 388 g/mol. The highest BCUT2D eigenvalue weighted by Crippen LogP contribution is 2.30. The summed E-state index contributed by atoms with van der Waals surface area (Å²) in [5.74, 6) is 0.771. The lowest BCUT2D eigenvalue weighted by Gasteiger charge is -2.16. The van der Waals surface area contributed by atoms with E-state index in [4.69, 9.17) is 9.72 Å². The largest absolute Gasteiger partial charge is 0.497 e. The Labute approximate surface area is 166 Å². The van der Waals surface area contributed by atoms with Crippen molar-refractivity contribution in [3.8, 4) is 17.0 Å². The molecule has 1 aromatic heterocycles. The Morgan fingerprint density at radius 1 is 1.07 bits per heavy atom. The third-order valence-corrected chi connectivity index (χ3v) is 4.33. The number of aromatic nitrogens is 1. The molecule has 0 spiro atoms. The molecule has 0 aliphatic heterocycles. The number of halogens is 1. The van der Waals surface area contributed by atoms with E-state index in [2.05, 4.69) is 41.8 Å². The summed E-state index contributed by atoms with van der Waals surface area (Å²) in [7, 11) is 3.48. The molecule has 6 heteroatoms. The summed E-state index contributed by atoms with van der Waals surface area (Å²) in [5.41, 5.74) is 4.96. The molecule has 1 atom stereocenters. The molecule has 0 unspecified atom stereocenters. The lowest BCUT2D eigenvalue weighted by Crippen LogP contribution is -2.30. The van der Waals surface area contributed by atoms with Gasteiger partial charge in [-0.1, -0.05) is 29.8 Å². The third-order valence-electron chi connectivity index (χ3n) is 4.33. The van der Waals surface area contributed by atoms with Gasteiger partial charge in [-0.25, -0.2) is 4.98 Å². The molecule has 2 aromatic carbocycles. The van der Waals surface area contributed by atoms with Crippen LogP contribution in [-0.2, 0) is 0 Å². The van der Waals surface area contributed by atoms with Crippen LogP contribution in [0.4, 0.5) is 5.69 Å². The van der Waals surface area contributed by atoms with E-state index >= 15 is 0 Å². The number of aryl methyl sites for hydroxylation is 1. The fourth-order valence-corrected chi connectivity index (χ4v) is 2.89. The van der Waals surface area contributed by atoms with Gasteiger partial charge < -0.3 is 20.5 Å². The van der Waals surface area contributed by atoms with Crippen LogP contribution >= 0.6 is 12.4 Å². The predicted molar refractivity (Wildman–Crippen MR) is 114 cm³/mol. The van der Waals surface area contributed by atoms with Crippen molar-refractivity contribution in [2.45, 2.75) is 13.0 Å². The molecule has 144 valence electrons. The number of nitrogens with zero attached hydrogens (tertiary/aromatic N) is 1. The van der Waals surface area contributed by atoms with Gasteiger partial charge in [0.05, 0.1) is 24.4 Å². The number of aliphatic hydroxyl groups is 1. The standard InChI is InChI=1S/C21H25N3O2.ClH/c1-14-4-6-15(7-5-14)19-11-20(23-13-16(25)12-22-2)18-9-8-17(26-3)10-21(18)24-19;/h4-11,16,22,25H,12-13H2,1-3H3,(H,23,24);1H/t16-;/m0./s1. The van der Waals surface area contributed by atoms with Gasteiger partial charge in [0, 0.05) is 35.8 Å². The van der Waals surface area contributed by atoms with E-state index < -0.39 is 6.10 Å². The Kier molecular flexibility index (Phi) is 7.42. The molecule has 0 fully saturated rings. The summed E-state index contributed by atoms with van der Waals surface area (Å²) in [6.07, 6.45) is -0.468. The molecule has 0 amide bonds. The van der Waals surface area contributed by atoms with E-state index in [0.29, 0.717) is 13.1 Å². The zero-order chi connectivity index (χ0) is 18.5. The molecule has 27 heavy (non-hydrogen) atoms. The molecule has 0 bridgehead atoms. The highest BCUT2D eigenvalue weighted by Gasteiger charge is 2.10. The minimum atomic E-state index is -0.468. The Balaban J connectivity index is 0.00000261. The number of hydrogen-bond acceptors (Lipinski definition) is 5. The highest BCUT2D eigenvalue weighted by molar-refractivity contribution is 5.94. The maximum atomic E-state index is 10.0. The Morgan fingerprint density at radius 2 is 1.81 bits per heavy atom. The van der Waals surface area contributed by atoms with Crippen molar-refractivity contribution in [2.24, 2.45) is 0 Å². The molecular weight excluding hydrogens is 362 g/mol. The normalized spacial score (nSPS) is 11.7. The van der Waals surface area contributed by atoms with E-state index in [1.54, 1.807) is 7.11 Å². The summed E-state index contributed by atoms with van der Waals surface area (Å²) in [5, 5.41) is 17.4. The first kappa shape index (κ1) is 21.0. The lowest BCUT2D eigenvalue weighted by atomic mass is 10.1. The van der Waals surface area contributed by atoms with Crippen molar-refractivity contribution in [1.82, 2.24) is 10.3 Å². The number of anilines is 1. The molecule has 0 radical (unpaired) electrons. The van der Waals surface area contributed by atoms with Crippen LogP contribution in [0.2, 0.25) is 0 Å². The second-order valence-corrected chi connectivity index (χ2v) is 6.40. The maximum absolute atomic E-state index is 10.0. The van der Waals surface area contributed by atoms with Crippen molar-refractivity contribution in [2.75, 3.05) is 32.6 Å². The minimum Gasteiger partial charge on any atom is -0.497 e.